The molecular weight excluding hydrogens is 404 g/mol. The molecule has 1 heterocycles. The summed E-state index contributed by atoms with van der Waals surface area (Å²) in [6.07, 6.45) is 3.08. The number of esters is 1. The van der Waals surface area contributed by atoms with E-state index < -0.39 is 5.92 Å². The van der Waals surface area contributed by atoms with E-state index in [9.17, 15) is 14.4 Å². The molecular formula is C23H25ClN2O4. The molecule has 7 heteroatoms. The second-order valence-corrected chi connectivity index (χ2v) is 7.73. The zero-order chi connectivity index (χ0) is 21.5. The molecule has 0 spiro atoms. The van der Waals surface area contributed by atoms with E-state index >= 15 is 0 Å². The first kappa shape index (κ1) is 21.8. The number of nitrogens with zero attached hydrogens (tertiary/aromatic N) is 1. The summed E-state index contributed by atoms with van der Waals surface area (Å²) in [5.74, 6) is -1.18. The van der Waals surface area contributed by atoms with Gasteiger partial charge in [0.1, 0.15) is 0 Å². The maximum Gasteiger partial charge on any atom is 0.338 e. The predicted molar refractivity (Wildman–Crippen MR) is 117 cm³/mol. The minimum Gasteiger partial charge on any atom is -0.462 e. The lowest BCUT2D eigenvalue weighted by atomic mass is 10.1. The quantitative estimate of drug-likeness (QED) is 0.489. The van der Waals surface area contributed by atoms with Gasteiger partial charge in [0.25, 0.3) is 0 Å². The molecule has 0 radical (unpaired) electrons. The van der Waals surface area contributed by atoms with Crippen LogP contribution in [-0.4, -0.2) is 30.9 Å². The van der Waals surface area contributed by atoms with Crippen LogP contribution in [0.4, 0.5) is 11.4 Å². The van der Waals surface area contributed by atoms with Gasteiger partial charge >= 0.3 is 5.97 Å². The number of hydrogen-bond acceptors (Lipinski definition) is 4. The van der Waals surface area contributed by atoms with Crippen LogP contribution < -0.4 is 10.2 Å². The average molecular weight is 429 g/mol. The number of hydrogen-bond donors (Lipinski definition) is 1. The van der Waals surface area contributed by atoms with Crippen LogP contribution in [0.3, 0.4) is 0 Å². The molecule has 6 nitrogen and oxygen atoms in total. The first-order valence-corrected chi connectivity index (χ1v) is 10.5. The number of halogens is 1. The lowest BCUT2D eigenvalue weighted by molar-refractivity contribution is -0.122. The normalized spacial score (nSPS) is 15.9. The third-order valence-electron chi connectivity index (χ3n) is 4.98. The summed E-state index contributed by atoms with van der Waals surface area (Å²) in [6, 6.07) is 13.6. The molecule has 1 fully saturated rings. The Labute approximate surface area is 181 Å². The number of unbranched alkanes of at least 4 members (excludes halogenated alkanes) is 2. The summed E-state index contributed by atoms with van der Waals surface area (Å²) in [5.41, 5.74) is 1.69. The molecule has 1 saturated heterocycles. The third-order valence-corrected chi connectivity index (χ3v) is 5.22. The summed E-state index contributed by atoms with van der Waals surface area (Å²) in [6.45, 7) is 2.79. The zero-order valence-electron chi connectivity index (χ0n) is 16.9. The largest absolute Gasteiger partial charge is 0.462 e. The van der Waals surface area contributed by atoms with Gasteiger partial charge in [-0.1, -0.05) is 37.4 Å². The highest BCUT2D eigenvalue weighted by molar-refractivity contribution is 6.31. The lowest BCUT2D eigenvalue weighted by Crippen LogP contribution is -2.28. The molecule has 0 unspecified atom stereocenters. The molecule has 3 rings (SSSR count). The highest BCUT2D eigenvalue weighted by Gasteiger charge is 2.35. The summed E-state index contributed by atoms with van der Waals surface area (Å²) < 4.78 is 5.23. The fraction of sp³-hybridized carbons (Fsp3) is 0.348. The van der Waals surface area contributed by atoms with E-state index in [4.69, 9.17) is 16.3 Å². The van der Waals surface area contributed by atoms with Crippen LogP contribution in [-0.2, 0) is 14.3 Å². The van der Waals surface area contributed by atoms with E-state index in [1.54, 1.807) is 53.4 Å². The van der Waals surface area contributed by atoms with Gasteiger partial charge in [0.2, 0.25) is 11.8 Å². The van der Waals surface area contributed by atoms with Gasteiger partial charge in [-0.2, -0.15) is 0 Å². The van der Waals surface area contributed by atoms with Crippen molar-refractivity contribution >= 4 is 40.8 Å². The second-order valence-electron chi connectivity index (χ2n) is 7.29. The first-order chi connectivity index (χ1) is 14.5. The molecule has 0 bridgehead atoms. The number of carbonyl (C=O) groups excluding carboxylic acids is 3. The number of amides is 2. The van der Waals surface area contributed by atoms with E-state index in [1.165, 1.54) is 0 Å². The second kappa shape index (κ2) is 10.3. The van der Waals surface area contributed by atoms with Crippen molar-refractivity contribution in [2.45, 2.75) is 32.6 Å². The Balaban J connectivity index is 1.54. The Hall–Kier alpha value is -2.86. The first-order valence-electron chi connectivity index (χ1n) is 10.1. The van der Waals surface area contributed by atoms with Crippen LogP contribution in [0, 0.1) is 5.92 Å². The monoisotopic (exact) mass is 428 g/mol. The van der Waals surface area contributed by atoms with Crippen LogP contribution in [0.5, 0.6) is 0 Å². The van der Waals surface area contributed by atoms with Crippen molar-refractivity contribution < 1.29 is 19.1 Å². The topological polar surface area (TPSA) is 75.7 Å². The van der Waals surface area contributed by atoms with E-state index in [2.05, 4.69) is 12.2 Å². The number of carbonyl (C=O) groups is 3. The van der Waals surface area contributed by atoms with Crippen LogP contribution >= 0.6 is 11.6 Å². The minimum absolute atomic E-state index is 0.112. The van der Waals surface area contributed by atoms with Crippen molar-refractivity contribution in [2.75, 3.05) is 23.4 Å². The zero-order valence-corrected chi connectivity index (χ0v) is 17.7. The number of ether oxygens (including phenoxy) is 1. The maximum absolute atomic E-state index is 12.6. The SMILES string of the molecule is CCCCCOC(=O)c1ccc(NC(=O)[C@H]2CC(=O)N(c3cccc(Cl)c3)C2)cc1. The van der Waals surface area contributed by atoms with Crippen LogP contribution in [0.15, 0.2) is 48.5 Å². The number of rotatable bonds is 8. The molecule has 1 aliphatic rings. The van der Waals surface area contributed by atoms with Crippen molar-refractivity contribution in [3.05, 3.63) is 59.1 Å². The van der Waals surface area contributed by atoms with Crippen molar-refractivity contribution in [3.8, 4) is 0 Å². The van der Waals surface area contributed by atoms with Crippen LogP contribution in [0.25, 0.3) is 0 Å². The number of benzene rings is 2. The van der Waals surface area contributed by atoms with E-state index in [0.717, 1.165) is 19.3 Å². The van der Waals surface area contributed by atoms with Crippen molar-refractivity contribution in [1.29, 1.82) is 0 Å². The number of nitrogens with one attached hydrogen (secondary N) is 1. The Bertz CT molecular complexity index is 914. The molecule has 0 aromatic heterocycles. The molecule has 158 valence electrons. The Morgan fingerprint density at radius 2 is 1.93 bits per heavy atom. The molecule has 0 aliphatic carbocycles. The van der Waals surface area contributed by atoms with Crippen LogP contribution in [0.2, 0.25) is 5.02 Å². The molecule has 2 amide bonds. The summed E-state index contributed by atoms with van der Waals surface area (Å²) in [5, 5.41) is 3.36. The van der Waals surface area contributed by atoms with Gasteiger partial charge in [-0.3, -0.25) is 9.59 Å². The standard InChI is InChI=1S/C23H25ClN2O4/c1-2-3-4-12-30-23(29)16-8-10-19(11-9-16)25-22(28)17-13-21(27)26(15-17)20-7-5-6-18(24)14-20/h5-11,14,17H,2-4,12-13,15H2,1H3,(H,25,28)/t17-/m0/s1. The minimum atomic E-state index is -0.459. The molecule has 2 aromatic rings. The highest BCUT2D eigenvalue weighted by Crippen LogP contribution is 2.28. The van der Waals surface area contributed by atoms with E-state index in [0.29, 0.717) is 35.1 Å². The third kappa shape index (κ3) is 5.60. The predicted octanol–water partition coefficient (Wildman–Crippen LogP) is 4.68. The molecule has 1 atom stereocenters. The van der Waals surface area contributed by atoms with Crippen molar-refractivity contribution in [3.63, 3.8) is 0 Å². The summed E-state index contributed by atoms with van der Waals surface area (Å²) in [7, 11) is 0. The van der Waals surface area contributed by atoms with Gasteiger partial charge in [0.05, 0.1) is 18.1 Å². The fourth-order valence-electron chi connectivity index (χ4n) is 3.31. The van der Waals surface area contributed by atoms with Gasteiger partial charge in [0.15, 0.2) is 0 Å². The lowest BCUT2D eigenvalue weighted by Gasteiger charge is -2.17. The van der Waals surface area contributed by atoms with Gasteiger partial charge in [-0.25, -0.2) is 4.79 Å². The highest BCUT2D eigenvalue weighted by atomic mass is 35.5. The Morgan fingerprint density at radius 1 is 1.17 bits per heavy atom. The van der Waals surface area contributed by atoms with Gasteiger partial charge < -0.3 is 15.0 Å². The van der Waals surface area contributed by atoms with Gasteiger partial charge in [-0.15, -0.1) is 0 Å². The fourth-order valence-corrected chi connectivity index (χ4v) is 3.50. The van der Waals surface area contributed by atoms with E-state index in [-0.39, 0.29) is 24.2 Å². The maximum atomic E-state index is 12.6. The van der Waals surface area contributed by atoms with Gasteiger partial charge in [0, 0.05) is 29.4 Å². The van der Waals surface area contributed by atoms with Crippen LogP contribution in [0.1, 0.15) is 43.0 Å². The summed E-state index contributed by atoms with van der Waals surface area (Å²) in [4.78, 5) is 38.6. The molecule has 30 heavy (non-hydrogen) atoms. The Morgan fingerprint density at radius 3 is 2.63 bits per heavy atom. The molecule has 1 N–H and O–H groups in total. The number of anilines is 2. The smallest absolute Gasteiger partial charge is 0.338 e. The molecule has 0 saturated carbocycles. The van der Waals surface area contributed by atoms with E-state index in [1.807, 2.05) is 0 Å². The summed E-state index contributed by atoms with van der Waals surface area (Å²) >= 11 is 6.00. The Kier molecular flexibility index (Phi) is 7.46. The van der Waals surface area contributed by atoms with Crippen molar-refractivity contribution in [1.82, 2.24) is 0 Å². The van der Waals surface area contributed by atoms with Crippen molar-refractivity contribution in [2.24, 2.45) is 5.92 Å². The molecule has 1 aliphatic heterocycles. The molecule has 2 aromatic carbocycles. The average Bonchev–Trinajstić information content (AvgIpc) is 3.13. The van der Waals surface area contributed by atoms with Gasteiger partial charge in [-0.05, 0) is 48.9 Å².